The van der Waals surface area contributed by atoms with Gasteiger partial charge in [0.1, 0.15) is 6.10 Å². The van der Waals surface area contributed by atoms with Crippen LogP contribution >= 0.6 is 11.8 Å². The highest BCUT2D eigenvalue weighted by Crippen LogP contribution is 2.21. The molecule has 4 nitrogen and oxygen atoms in total. The lowest BCUT2D eigenvalue weighted by molar-refractivity contribution is -0.109. The molecular formula is C10H12FNO3S. The molecule has 16 heavy (non-hydrogen) atoms. The van der Waals surface area contributed by atoms with Gasteiger partial charge in [0, 0.05) is 24.4 Å². The Morgan fingerprint density at radius 2 is 2.31 bits per heavy atom. The minimum atomic E-state index is -1.37. The third kappa shape index (κ3) is 3.55. The molecule has 0 amide bonds. The standard InChI is InChI=1S/C10H12FNO3S/c1-6(13)16-5-8(14)9(15)7-3-2-4-12-10(7)11/h2-4,8-9,14-15H,5H2,1H3. The van der Waals surface area contributed by atoms with E-state index < -0.39 is 18.2 Å². The second kappa shape index (κ2) is 5.93. The summed E-state index contributed by atoms with van der Waals surface area (Å²) in [6.45, 7) is 1.36. The molecule has 1 aromatic heterocycles. The number of nitrogens with zero attached hydrogens (tertiary/aromatic N) is 1. The molecule has 0 bridgehead atoms. The second-order valence-electron chi connectivity index (χ2n) is 3.20. The maximum atomic E-state index is 13.1. The van der Waals surface area contributed by atoms with Gasteiger partial charge in [-0.15, -0.1) is 0 Å². The summed E-state index contributed by atoms with van der Waals surface area (Å²) < 4.78 is 13.1. The molecule has 0 fully saturated rings. The lowest BCUT2D eigenvalue weighted by Gasteiger charge is -2.17. The first-order chi connectivity index (χ1) is 7.52. The molecule has 1 aromatic rings. The van der Waals surface area contributed by atoms with Crippen molar-refractivity contribution in [1.29, 1.82) is 0 Å². The van der Waals surface area contributed by atoms with Crippen molar-refractivity contribution in [2.75, 3.05) is 5.75 Å². The predicted octanol–water partition coefficient (Wildman–Crippen LogP) is 0.895. The fourth-order valence-electron chi connectivity index (χ4n) is 1.12. The smallest absolute Gasteiger partial charge is 0.218 e. The molecule has 0 spiro atoms. The number of aromatic nitrogens is 1. The molecule has 0 aromatic carbocycles. The van der Waals surface area contributed by atoms with E-state index in [4.69, 9.17) is 0 Å². The van der Waals surface area contributed by atoms with Gasteiger partial charge in [-0.2, -0.15) is 4.39 Å². The number of thioether (sulfide) groups is 1. The minimum absolute atomic E-state index is 0.0187. The Morgan fingerprint density at radius 1 is 1.62 bits per heavy atom. The summed E-state index contributed by atoms with van der Waals surface area (Å²) in [4.78, 5) is 14.0. The van der Waals surface area contributed by atoms with E-state index in [0.717, 1.165) is 11.8 Å². The SMILES string of the molecule is CC(=O)SCC(O)C(O)c1cccnc1F. The molecule has 1 rings (SSSR count). The van der Waals surface area contributed by atoms with Gasteiger partial charge in [0.25, 0.3) is 0 Å². The van der Waals surface area contributed by atoms with E-state index in [1.807, 2.05) is 0 Å². The molecule has 88 valence electrons. The summed E-state index contributed by atoms with van der Waals surface area (Å²) in [5, 5.41) is 19.0. The van der Waals surface area contributed by atoms with Crippen LogP contribution < -0.4 is 0 Å². The Morgan fingerprint density at radius 3 is 2.88 bits per heavy atom. The van der Waals surface area contributed by atoms with Crippen molar-refractivity contribution in [1.82, 2.24) is 4.98 Å². The van der Waals surface area contributed by atoms with E-state index in [1.54, 1.807) is 0 Å². The van der Waals surface area contributed by atoms with Crippen LogP contribution in [0.3, 0.4) is 0 Å². The normalized spacial score (nSPS) is 14.5. The van der Waals surface area contributed by atoms with Gasteiger partial charge in [0.15, 0.2) is 5.12 Å². The van der Waals surface area contributed by atoms with E-state index >= 15 is 0 Å². The van der Waals surface area contributed by atoms with Crippen LogP contribution in [0, 0.1) is 5.95 Å². The van der Waals surface area contributed by atoms with Gasteiger partial charge < -0.3 is 10.2 Å². The van der Waals surface area contributed by atoms with Gasteiger partial charge in [-0.3, -0.25) is 4.79 Å². The predicted molar refractivity (Wildman–Crippen MR) is 58.3 cm³/mol. The van der Waals surface area contributed by atoms with E-state index in [2.05, 4.69) is 4.98 Å². The molecule has 0 saturated carbocycles. The summed E-state index contributed by atoms with van der Waals surface area (Å²) in [5.74, 6) is -0.799. The Labute approximate surface area is 96.5 Å². The average Bonchev–Trinajstić information content (AvgIpc) is 2.25. The van der Waals surface area contributed by atoms with Crippen molar-refractivity contribution in [2.45, 2.75) is 19.1 Å². The number of hydrogen-bond donors (Lipinski definition) is 2. The topological polar surface area (TPSA) is 70.4 Å². The van der Waals surface area contributed by atoms with Crippen LogP contribution in [0.1, 0.15) is 18.6 Å². The van der Waals surface area contributed by atoms with Crippen LogP contribution in [0.25, 0.3) is 0 Å². The summed E-state index contributed by atoms with van der Waals surface area (Å²) in [5.41, 5.74) is -0.0702. The van der Waals surface area contributed by atoms with E-state index in [-0.39, 0.29) is 16.4 Å². The Bertz CT molecular complexity index is 375. The van der Waals surface area contributed by atoms with Gasteiger partial charge in [0.2, 0.25) is 5.95 Å². The molecule has 0 saturated heterocycles. The van der Waals surface area contributed by atoms with Gasteiger partial charge >= 0.3 is 0 Å². The number of aliphatic hydroxyl groups excluding tert-OH is 2. The highest BCUT2D eigenvalue weighted by molar-refractivity contribution is 8.13. The molecule has 0 radical (unpaired) electrons. The third-order valence-corrected chi connectivity index (χ3v) is 2.84. The molecule has 1 heterocycles. The summed E-state index contributed by atoms with van der Waals surface area (Å²) >= 11 is 0.876. The Balaban J connectivity index is 2.66. The monoisotopic (exact) mass is 245 g/mol. The van der Waals surface area contributed by atoms with Crippen molar-refractivity contribution >= 4 is 16.9 Å². The fraction of sp³-hybridized carbons (Fsp3) is 0.400. The van der Waals surface area contributed by atoms with Crippen molar-refractivity contribution in [3.63, 3.8) is 0 Å². The number of pyridine rings is 1. The first-order valence-corrected chi connectivity index (χ1v) is 5.61. The molecule has 0 aliphatic rings. The number of aliphatic hydroxyl groups is 2. The first-order valence-electron chi connectivity index (χ1n) is 4.62. The summed E-state index contributed by atoms with van der Waals surface area (Å²) in [6, 6.07) is 2.81. The van der Waals surface area contributed by atoms with Gasteiger partial charge in [-0.25, -0.2) is 4.98 Å². The second-order valence-corrected chi connectivity index (χ2v) is 4.40. The number of hydrogen-bond acceptors (Lipinski definition) is 5. The molecule has 2 N–H and O–H groups in total. The third-order valence-electron chi connectivity index (χ3n) is 1.93. The highest BCUT2D eigenvalue weighted by atomic mass is 32.2. The van der Waals surface area contributed by atoms with Crippen LogP contribution in [0.5, 0.6) is 0 Å². The van der Waals surface area contributed by atoms with E-state index in [0.29, 0.717) is 0 Å². The van der Waals surface area contributed by atoms with Crippen molar-refractivity contribution in [2.24, 2.45) is 0 Å². The van der Waals surface area contributed by atoms with Crippen LogP contribution in [0.15, 0.2) is 18.3 Å². The minimum Gasteiger partial charge on any atom is -0.389 e. The van der Waals surface area contributed by atoms with Crippen molar-refractivity contribution in [3.8, 4) is 0 Å². The van der Waals surface area contributed by atoms with Crippen molar-refractivity contribution < 1.29 is 19.4 Å². The summed E-state index contributed by atoms with van der Waals surface area (Å²) in [7, 11) is 0. The van der Waals surface area contributed by atoms with Gasteiger partial charge in [-0.05, 0) is 6.07 Å². The van der Waals surface area contributed by atoms with E-state index in [1.165, 1.54) is 25.3 Å². The maximum absolute atomic E-state index is 13.1. The van der Waals surface area contributed by atoms with Crippen LogP contribution in [-0.4, -0.2) is 32.2 Å². The Hall–Kier alpha value is -0.980. The number of carbonyl (C=O) groups is 1. The summed E-state index contributed by atoms with van der Waals surface area (Å²) in [6.07, 6.45) is -1.32. The average molecular weight is 245 g/mol. The number of carbonyl (C=O) groups excluding carboxylic acids is 1. The Kier molecular flexibility index (Phi) is 4.85. The van der Waals surface area contributed by atoms with Crippen LogP contribution in [-0.2, 0) is 4.79 Å². The maximum Gasteiger partial charge on any atom is 0.218 e. The zero-order valence-electron chi connectivity index (χ0n) is 8.63. The van der Waals surface area contributed by atoms with Gasteiger partial charge in [-0.1, -0.05) is 17.8 Å². The largest absolute Gasteiger partial charge is 0.389 e. The molecular weight excluding hydrogens is 233 g/mol. The molecule has 0 aliphatic carbocycles. The van der Waals surface area contributed by atoms with Crippen LogP contribution in [0.2, 0.25) is 0 Å². The fourth-order valence-corrected chi connectivity index (χ4v) is 1.71. The number of rotatable bonds is 4. The molecule has 6 heteroatoms. The lowest BCUT2D eigenvalue weighted by Crippen LogP contribution is -2.22. The molecule has 0 aliphatic heterocycles. The number of halogens is 1. The van der Waals surface area contributed by atoms with Crippen LogP contribution in [0.4, 0.5) is 4.39 Å². The zero-order chi connectivity index (χ0) is 12.1. The molecule has 2 atom stereocenters. The highest BCUT2D eigenvalue weighted by Gasteiger charge is 2.22. The molecule has 2 unspecified atom stereocenters. The van der Waals surface area contributed by atoms with Crippen molar-refractivity contribution in [3.05, 3.63) is 29.8 Å². The van der Waals surface area contributed by atoms with E-state index in [9.17, 15) is 19.4 Å². The first kappa shape index (κ1) is 13.1. The zero-order valence-corrected chi connectivity index (χ0v) is 9.45. The lowest BCUT2D eigenvalue weighted by atomic mass is 10.1. The van der Waals surface area contributed by atoms with Gasteiger partial charge in [0.05, 0.1) is 6.10 Å². The quantitative estimate of drug-likeness (QED) is 0.771.